The molecule has 0 heterocycles. The van der Waals surface area contributed by atoms with Crippen LogP contribution in [0.15, 0.2) is 48.5 Å². The maximum absolute atomic E-state index is 13.9. The molecule has 3 rings (SSSR count). The fourth-order valence-corrected chi connectivity index (χ4v) is 5.09. The van der Waals surface area contributed by atoms with Crippen molar-refractivity contribution in [2.24, 2.45) is 0 Å². The van der Waals surface area contributed by atoms with Gasteiger partial charge in [-0.25, -0.2) is 8.78 Å². The Balaban J connectivity index is 1.70. The van der Waals surface area contributed by atoms with E-state index in [2.05, 4.69) is 5.32 Å². The Morgan fingerprint density at radius 3 is 2.42 bits per heavy atom. The fourth-order valence-electron chi connectivity index (χ4n) is 4.20. The highest BCUT2D eigenvalue weighted by Gasteiger charge is 2.30. The maximum Gasteiger partial charge on any atom is 0.243 e. The summed E-state index contributed by atoms with van der Waals surface area (Å²) in [4.78, 5) is 28.0. The highest BCUT2D eigenvalue weighted by molar-refractivity contribution is 7.99. The molecule has 2 aromatic carbocycles. The summed E-state index contributed by atoms with van der Waals surface area (Å²) >= 11 is 1.32. The molecule has 1 aliphatic rings. The monoisotopic (exact) mass is 474 g/mol. The summed E-state index contributed by atoms with van der Waals surface area (Å²) in [7, 11) is 0. The smallest absolute Gasteiger partial charge is 0.243 e. The van der Waals surface area contributed by atoms with E-state index in [-0.39, 0.29) is 41.8 Å². The van der Waals surface area contributed by atoms with E-state index >= 15 is 0 Å². The van der Waals surface area contributed by atoms with Crippen molar-refractivity contribution in [3.8, 4) is 0 Å². The number of thioether (sulfide) groups is 1. The number of nitrogens with zero attached hydrogens (tertiary/aromatic N) is 1. The molecule has 2 amide bonds. The van der Waals surface area contributed by atoms with Gasteiger partial charge in [-0.3, -0.25) is 9.59 Å². The summed E-state index contributed by atoms with van der Waals surface area (Å²) in [5.41, 5.74) is 1.30. The van der Waals surface area contributed by atoms with E-state index in [9.17, 15) is 18.4 Å². The van der Waals surface area contributed by atoms with Gasteiger partial charge in [0.15, 0.2) is 0 Å². The third-order valence-electron chi connectivity index (χ3n) is 6.04. The van der Waals surface area contributed by atoms with E-state index in [4.69, 9.17) is 0 Å². The molecule has 0 radical (unpaired) electrons. The van der Waals surface area contributed by atoms with Gasteiger partial charge in [0.1, 0.15) is 17.7 Å². The number of rotatable bonds is 10. The number of carbonyl (C=O) groups excluding carboxylic acids is 2. The molecule has 0 aromatic heterocycles. The van der Waals surface area contributed by atoms with Crippen LogP contribution >= 0.6 is 11.8 Å². The van der Waals surface area contributed by atoms with E-state index in [1.54, 1.807) is 35.2 Å². The molecule has 33 heavy (non-hydrogen) atoms. The van der Waals surface area contributed by atoms with E-state index < -0.39 is 6.04 Å². The minimum absolute atomic E-state index is 0.128. The first-order chi connectivity index (χ1) is 16.0. The minimum atomic E-state index is -0.612. The second kappa shape index (κ2) is 12.7. The van der Waals surface area contributed by atoms with Crippen LogP contribution in [0.1, 0.15) is 56.6 Å². The molecule has 1 atom stereocenters. The fraction of sp³-hybridized carbons (Fsp3) is 0.462. The van der Waals surface area contributed by atoms with E-state index in [1.807, 2.05) is 6.92 Å². The van der Waals surface area contributed by atoms with Gasteiger partial charge in [-0.2, -0.15) is 0 Å². The normalized spacial score (nSPS) is 15.1. The van der Waals surface area contributed by atoms with Crippen LogP contribution in [0.3, 0.4) is 0 Å². The molecule has 1 N–H and O–H groups in total. The van der Waals surface area contributed by atoms with Crippen LogP contribution in [-0.2, 0) is 21.9 Å². The average molecular weight is 475 g/mol. The minimum Gasteiger partial charge on any atom is -0.352 e. The van der Waals surface area contributed by atoms with Gasteiger partial charge in [-0.15, -0.1) is 11.8 Å². The Kier molecular flexibility index (Phi) is 9.73. The van der Waals surface area contributed by atoms with Crippen LogP contribution < -0.4 is 5.32 Å². The predicted molar refractivity (Wildman–Crippen MR) is 129 cm³/mol. The van der Waals surface area contributed by atoms with Crippen molar-refractivity contribution in [1.29, 1.82) is 0 Å². The maximum atomic E-state index is 13.9. The first kappa shape index (κ1) is 25.2. The van der Waals surface area contributed by atoms with Gasteiger partial charge >= 0.3 is 0 Å². The van der Waals surface area contributed by atoms with Crippen molar-refractivity contribution in [2.45, 2.75) is 69.8 Å². The van der Waals surface area contributed by atoms with Crippen molar-refractivity contribution >= 4 is 23.6 Å². The molecule has 7 heteroatoms. The summed E-state index contributed by atoms with van der Waals surface area (Å²) in [5, 5.41) is 3.14. The zero-order valence-corrected chi connectivity index (χ0v) is 19.9. The summed E-state index contributed by atoms with van der Waals surface area (Å²) in [5.74, 6) is -0.473. The molecule has 4 nitrogen and oxygen atoms in total. The number of nitrogens with one attached hydrogen (secondary N) is 1. The quantitative estimate of drug-likeness (QED) is 0.498. The molecule has 0 spiro atoms. The summed E-state index contributed by atoms with van der Waals surface area (Å²) < 4.78 is 27.3. The number of hydrogen-bond acceptors (Lipinski definition) is 3. The molecule has 178 valence electrons. The lowest BCUT2D eigenvalue weighted by molar-refractivity contribution is -0.139. The van der Waals surface area contributed by atoms with Crippen molar-refractivity contribution in [2.75, 3.05) is 5.75 Å². The van der Waals surface area contributed by atoms with Gasteiger partial charge in [0.25, 0.3) is 0 Å². The number of amides is 2. The number of benzene rings is 2. The largest absolute Gasteiger partial charge is 0.352 e. The molecule has 0 unspecified atom stereocenters. The first-order valence-electron chi connectivity index (χ1n) is 11.6. The van der Waals surface area contributed by atoms with E-state index in [0.717, 1.165) is 31.2 Å². The molecule has 1 aliphatic carbocycles. The van der Waals surface area contributed by atoms with Crippen LogP contribution in [0.2, 0.25) is 0 Å². The molecule has 0 saturated heterocycles. The zero-order chi connectivity index (χ0) is 23.6. The summed E-state index contributed by atoms with van der Waals surface area (Å²) in [6.07, 6.45) is 5.81. The van der Waals surface area contributed by atoms with Gasteiger partial charge in [0.2, 0.25) is 11.8 Å². The topological polar surface area (TPSA) is 49.4 Å². The lowest BCUT2D eigenvalue weighted by atomic mass is 9.95. The van der Waals surface area contributed by atoms with Gasteiger partial charge in [0.05, 0.1) is 5.75 Å². The van der Waals surface area contributed by atoms with Crippen molar-refractivity contribution < 1.29 is 18.4 Å². The Labute approximate surface area is 199 Å². The average Bonchev–Trinajstić information content (AvgIpc) is 2.82. The number of hydrogen-bond donors (Lipinski definition) is 1. The van der Waals surface area contributed by atoms with Crippen LogP contribution in [0.4, 0.5) is 8.78 Å². The van der Waals surface area contributed by atoms with Crippen LogP contribution in [0.25, 0.3) is 0 Å². The van der Waals surface area contributed by atoms with Gasteiger partial charge < -0.3 is 10.2 Å². The second-order valence-corrected chi connectivity index (χ2v) is 9.49. The molecule has 2 aromatic rings. The molecular weight excluding hydrogens is 442 g/mol. The zero-order valence-electron chi connectivity index (χ0n) is 19.1. The Morgan fingerprint density at radius 2 is 1.76 bits per heavy atom. The predicted octanol–water partition coefficient (Wildman–Crippen LogP) is 5.45. The standard InChI is InChI=1S/C26H32F2N2O2S/c1-2-24(26(32)29-22-9-4-3-5-10-22)30(16-19-12-14-21(27)15-13-19)25(31)18-33-17-20-8-6-7-11-23(20)28/h6-8,11-15,22,24H,2-5,9-10,16-18H2,1H3,(H,29,32)/t24-/m0/s1. The first-order valence-corrected chi connectivity index (χ1v) is 12.8. The SMILES string of the molecule is CC[C@@H](C(=O)NC1CCCCC1)N(Cc1ccc(F)cc1)C(=O)CSCc1ccccc1F. The highest BCUT2D eigenvalue weighted by atomic mass is 32.2. The van der Waals surface area contributed by atoms with Crippen molar-refractivity contribution in [3.05, 3.63) is 71.3 Å². The third-order valence-corrected chi connectivity index (χ3v) is 7.01. The third kappa shape index (κ3) is 7.56. The van der Waals surface area contributed by atoms with Crippen LogP contribution in [0, 0.1) is 11.6 Å². The van der Waals surface area contributed by atoms with Gasteiger partial charge in [0, 0.05) is 18.3 Å². The second-order valence-electron chi connectivity index (χ2n) is 8.50. The summed E-state index contributed by atoms with van der Waals surface area (Å²) in [6.45, 7) is 2.11. The van der Waals surface area contributed by atoms with E-state index in [0.29, 0.717) is 17.7 Å². The molecular formula is C26H32F2N2O2S. The lowest BCUT2D eigenvalue weighted by Crippen LogP contribution is -2.52. The molecule has 0 aliphatic heterocycles. The Morgan fingerprint density at radius 1 is 1.06 bits per heavy atom. The number of carbonyl (C=O) groups is 2. The number of halogens is 2. The Bertz CT molecular complexity index is 917. The molecule has 1 fully saturated rings. The molecule has 0 bridgehead atoms. The molecule has 1 saturated carbocycles. The van der Waals surface area contributed by atoms with E-state index in [1.165, 1.54) is 36.4 Å². The van der Waals surface area contributed by atoms with Crippen LogP contribution in [-0.4, -0.2) is 34.6 Å². The van der Waals surface area contributed by atoms with Crippen molar-refractivity contribution in [3.63, 3.8) is 0 Å². The Hall–Kier alpha value is -2.41. The van der Waals surface area contributed by atoms with Gasteiger partial charge in [-0.1, -0.05) is 56.5 Å². The van der Waals surface area contributed by atoms with Crippen molar-refractivity contribution in [1.82, 2.24) is 10.2 Å². The van der Waals surface area contributed by atoms with Gasteiger partial charge in [-0.05, 0) is 48.6 Å². The van der Waals surface area contributed by atoms with Crippen LogP contribution in [0.5, 0.6) is 0 Å². The lowest BCUT2D eigenvalue weighted by Gasteiger charge is -2.32. The summed E-state index contributed by atoms with van der Waals surface area (Å²) in [6, 6.07) is 12.0. The highest BCUT2D eigenvalue weighted by Crippen LogP contribution is 2.21.